The number of aliphatic hydroxyl groups excluding tert-OH is 1. The van der Waals surface area contributed by atoms with Crippen molar-refractivity contribution in [3.8, 4) is 11.5 Å². The smallest absolute Gasteiger partial charge is 0.307 e. The van der Waals surface area contributed by atoms with Gasteiger partial charge in [0.2, 0.25) is 5.91 Å². The third-order valence-corrected chi connectivity index (χ3v) is 3.22. The monoisotopic (exact) mass is 295 g/mol. The van der Waals surface area contributed by atoms with Gasteiger partial charge in [0.15, 0.2) is 11.5 Å². The normalized spacial score (nSPS) is 19.7. The van der Waals surface area contributed by atoms with Crippen molar-refractivity contribution in [2.75, 3.05) is 25.6 Å². The summed E-state index contributed by atoms with van der Waals surface area (Å²) in [5, 5.41) is 20.2. The van der Waals surface area contributed by atoms with Crippen molar-refractivity contribution < 1.29 is 29.3 Å². The first kappa shape index (κ1) is 15.1. The summed E-state index contributed by atoms with van der Waals surface area (Å²) >= 11 is 0. The van der Waals surface area contributed by atoms with Crippen LogP contribution < -0.4 is 14.8 Å². The number of benzene rings is 1. The summed E-state index contributed by atoms with van der Waals surface area (Å²) in [6.07, 6.45) is 0.366. The topological polar surface area (TPSA) is 105 Å². The molecule has 7 heteroatoms. The summed E-state index contributed by atoms with van der Waals surface area (Å²) in [5.41, 5.74) is 0.491. The number of rotatable bonds is 7. The number of ether oxygens (including phenoxy) is 2. The predicted octanol–water partition coefficient (Wildman–Crippen LogP) is 0.725. The van der Waals surface area contributed by atoms with Crippen LogP contribution in [0.2, 0.25) is 0 Å². The van der Waals surface area contributed by atoms with Crippen LogP contribution in [0.15, 0.2) is 18.2 Å². The van der Waals surface area contributed by atoms with Crippen molar-refractivity contribution in [2.24, 2.45) is 11.8 Å². The lowest BCUT2D eigenvalue weighted by molar-refractivity contribution is -0.139. The fourth-order valence-corrected chi connectivity index (χ4v) is 2.02. The molecule has 1 saturated carbocycles. The molecule has 1 aromatic rings. The van der Waals surface area contributed by atoms with Crippen LogP contribution in [0.4, 0.5) is 5.69 Å². The minimum Gasteiger partial charge on any atom is -0.493 e. The number of aliphatic hydroxyl groups is 1. The van der Waals surface area contributed by atoms with Crippen molar-refractivity contribution in [3.63, 3.8) is 0 Å². The van der Waals surface area contributed by atoms with Gasteiger partial charge >= 0.3 is 5.97 Å². The first-order valence-corrected chi connectivity index (χ1v) is 6.52. The second-order valence-electron chi connectivity index (χ2n) is 4.71. The Labute approximate surface area is 121 Å². The molecular weight excluding hydrogens is 278 g/mol. The predicted molar refractivity (Wildman–Crippen MR) is 73.4 cm³/mol. The molecule has 1 aliphatic carbocycles. The lowest BCUT2D eigenvalue weighted by atomic mass is 10.2. The zero-order chi connectivity index (χ0) is 15.4. The molecule has 0 saturated heterocycles. The van der Waals surface area contributed by atoms with E-state index in [9.17, 15) is 9.59 Å². The molecule has 1 fully saturated rings. The van der Waals surface area contributed by atoms with Crippen LogP contribution in [0.3, 0.4) is 0 Å². The molecule has 2 rings (SSSR count). The zero-order valence-corrected chi connectivity index (χ0v) is 11.5. The molecule has 21 heavy (non-hydrogen) atoms. The van der Waals surface area contributed by atoms with E-state index in [1.165, 1.54) is 7.11 Å². The zero-order valence-electron chi connectivity index (χ0n) is 11.5. The third kappa shape index (κ3) is 3.63. The second kappa shape index (κ2) is 6.45. The number of carboxylic acid groups (broad SMARTS) is 1. The highest BCUT2D eigenvalue weighted by molar-refractivity contribution is 5.98. The van der Waals surface area contributed by atoms with Crippen molar-refractivity contribution in [1.29, 1.82) is 0 Å². The molecule has 0 spiro atoms. The standard InChI is InChI=1S/C14H17NO6/c1-20-11-3-2-8(6-12(11)21-5-4-16)15-13(17)9-7-10(9)14(18)19/h2-3,6,9-10,16H,4-5,7H2,1H3,(H,15,17)(H,18,19). The van der Waals surface area contributed by atoms with E-state index in [2.05, 4.69) is 5.32 Å². The van der Waals surface area contributed by atoms with E-state index in [-0.39, 0.29) is 19.1 Å². The highest BCUT2D eigenvalue weighted by atomic mass is 16.5. The average molecular weight is 295 g/mol. The van der Waals surface area contributed by atoms with Gasteiger partial charge in [0.25, 0.3) is 0 Å². The summed E-state index contributed by atoms with van der Waals surface area (Å²) in [6, 6.07) is 4.84. The van der Waals surface area contributed by atoms with E-state index < -0.39 is 17.8 Å². The Bertz CT molecular complexity index is 544. The Morgan fingerprint density at radius 3 is 2.67 bits per heavy atom. The van der Waals surface area contributed by atoms with Crippen LogP contribution in [0, 0.1) is 11.8 Å². The van der Waals surface area contributed by atoms with Gasteiger partial charge < -0.3 is 25.0 Å². The first-order chi connectivity index (χ1) is 10.1. The number of anilines is 1. The Kier molecular flexibility index (Phi) is 4.64. The second-order valence-corrected chi connectivity index (χ2v) is 4.71. The Morgan fingerprint density at radius 1 is 1.33 bits per heavy atom. The number of nitrogens with one attached hydrogen (secondary N) is 1. The molecule has 0 aromatic heterocycles. The minimum atomic E-state index is -0.947. The van der Waals surface area contributed by atoms with Crippen LogP contribution >= 0.6 is 0 Å². The molecule has 2 unspecified atom stereocenters. The summed E-state index contributed by atoms with van der Waals surface area (Å²) in [6.45, 7) is -0.0282. The molecule has 0 radical (unpaired) electrons. The Balaban J connectivity index is 2.03. The molecule has 0 heterocycles. The number of carbonyl (C=O) groups is 2. The van der Waals surface area contributed by atoms with Crippen molar-refractivity contribution in [1.82, 2.24) is 0 Å². The molecule has 3 N–H and O–H groups in total. The lowest BCUT2D eigenvalue weighted by Gasteiger charge is -2.12. The summed E-state index contributed by atoms with van der Waals surface area (Å²) < 4.78 is 10.4. The molecule has 1 aromatic carbocycles. The van der Waals surface area contributed by atoms with Gasteiger partial charge in [-0.25, -0.2) is 0 Å². The highest BCUT2D eigenvalue weighted by Crippen LogP contribution is 2.40. The van der Waals surface area contributed by atoms with Gasteiger partial charge in [0.1, 0.15) is 6.61 Å². The van der Waals surface area contributed by atoms with Crippen molar-refractivity contribution in [3.05, 3.63) is 18.2 Å². The van der Waals surface area contributed by atoms with Gasteiger partial charge in [-0.15, -0.1) is 0 Å². The van der Waals surface area contributed by atoms with E-state index >= 15 is 0 Å². The van der Waals surface area contributed by atoms with Gasteiger partial charge in [0, 0.05) is 11.8 Å². The molecular formula is C14H17NO6. The van der Waals surface area contributed by atoms with Crippen LogP contribution in [-0.4, -0.2) is 42.4 Å². The molecule has 7 nitrogen and oxygen atoms in total. The molecule has 1 amide bonds. The van der Waals surface area contributed by atoms with E-state index in [4.69, 9.17) is 19.7 Å². The van der Waals surface area contributed by atoms with Crippen molar-refractivity contribution in [2.45, 2.75) is 6.42 Å². The number of carbonyl (C=O) groups excluding carboxylic acids is 1. The fourth-order valence-electron chi connectivity index (χ4n) is 2.02. The van der Waals surface area contributed by atoms with Crippen molar-refractivity contribution >= 4 is 17.6 Å². The fraction of sp³-hybridized carbons (Fsp3) is 0.429. The SMILES string of the molecule is COc1ccc(NC(=O)C2CC2C(=O)O)cc1OCCO. The van der Waals surface area contributed by atoms with Crippen LogP contribution in [-0.2, 0) is 9.59 Å². The molecule has 114 valence electrons. The van der Waals surface area contributed by atoms with E-state index in [0.29, 0.717) is 23.6 Å². The Morgan fingerprint density at radius 2 is 2.10 bits per heavy atom. The third-order valence-electron chi connectivity index (χ3n) is 3.22. The van der Waals surface area contributed by atoms with E-state index in [0.717, 1.165) is 0 Å². The van der Waals surface area contributed by atoms with Gasteiger partial charge in [-0.05, 0) is 18.6 Å². The molecule has 0 aliphatic heterocycles. The number of methoxy groups -OCH3 is 1. The summed E-state index contributed by atoms with van der Waals surface area (Å²) in [5.74, 6) is -1.46. The number of carboxylic acids is 1. The minimum absolute atomic E-state index is 0.109. The largest absolute Gasteiger partial charge is 0.493 e. The number of hydrogen-bond donors (Lipinski definition) is 3. The van der Waals surface area contributed by atoms with Crippen LogP contribution in [0.1, 0.15) is 6.42 Å². The molecule has 2 atom stereocenters. The van der Waals surface area contributed by atoms with Gasteiger partial charge in [-0.1, -0.05) is 0 Å². The number of aliphatic carboxylic acids is 1. The average Bonchev–Trinajstić information content (AvgIpc) is 3.26. The first-order valence-electron chi connectivity index (χ1n) is 6.52. The Hall–Kier alpha value is -2.28. The number of hydrogen-bond acceptors (Lipinski definition) is 5. The lowest BCUT2D eigenvalue weighted by Crippen LogP contribution is -2.17. The maximum absolute atomic E-state index is 11.9. The quantitative estimate of drug-likeness (QED) is 0.684. The summed E-state index contributed by atoms with van der Waals surface area (Å²) in [4.78, 5) is 22.6. The van der Waals surface area contributed by atoms with Crippen LogP contribution in [0.25, 0.3) is 0 Å². The van der Waals surface area contributed by atoms with Crippen LogP contribution in [0.5, 0.6) is 11.5 Å². The maximum atomic E-state index is 11.9. The molecule has 1 aliphatic rings. The van der Waals surface area contributed by atoms with E-state index in [1.807, 2.05) is 0 Å². The maximum Gasteiger partial charge on any atom is 0.307 e. The summed E-state index contributed by atoms with van der Waals surface area (Å²) in [7, 11) is 1.49. The highest BCUT2D eigenvalue weighted by Gasteiger charge is 2.48. The van der Waals surface area contributed by atoms with Gasteiger partial charge in [-0.3, -0.25) is 9.59 Å². The molecule has 0 bridgehead atoms. The van der Waals surface area contributed by atoms with Gasteiger partial charge in [-0.2, -0.15) is 0 Å². The van der Waals surface area contributed by atoms with E-state index in [1.54, 1.807) is 18.2 Å². The van der Waals surface area contributed by atoms with Gasteiger partial charge in [0.05, 0.1) is 25.6 Å². The number of amides is 1.